The highest BCUT2D eigenvalue weighted by Crippen LogP contribution is 2.28. The summed E-state index contributed by atoms with van der Waals surface area (Å²) in [6.45, 7) is 7.44. The van der Waals surface area contributed by atoms with Gasteiger partial charge in [-0.15, -0.1) is 6.42 Å². The topological polar surface area (TPSA) is 64.2 Å². The number of hydrogen-bond acceptors (Lipinski definition) is 4. The summed E-state index contributed by atoms with van der Waals surface area (Å²) >= 11 is 0. The molecule has 0 saturated carbocycles. The van der Waals surface area contributed by atoms with Crippen LogP contribution >= 0.6 is 0 Å². The summed E-state index contributed by atoms with van der Waals surface area (Å²) in [7, 11) is 0. The summed E-state index contributed by atoms with van der Waals surface area (Å²) in [4.78, 5) is 41.0. The van der Waals surface area contributed by atoms with Gasteiger partial charge in [-0.25, -0.2) is 0 Å². The van der Waals surface area contributed by atoms with Crippen molar-refractivity contribution in [2.75, 3.05) is 26.2 Å². The van der Waals surface area contributed by atoms with E-state index in [-0.39, 0.29) is 24.9 Å². The van der Waals surface area contributed by atoms with E-state index in [9.17, 15) is 14.4 Å². The van der Waals surface area contributed by atoms with Crippen molar-refractivity contribution in [3.05, 3.63) is 0 Å². The van der Waals surface area contributed by atoms with Gasteiger partial charge in [0.05, 0.1) is 19.6 Å². The maximum atomic E-state index is 13.1. The minimum Gasteiger partial charge on any atom is -0.337 e. The Hall–Kier alpha value is -2.07. The number of amides is 3. The van der Waals surface area contributed by atoms with E-state index in [2.05, 4.69) is 19.8 Å². The summed E-state index contributed by atoms with van der Waals surface area (Å²) in [5.41, 5.74) is 0. The summed E-state index contributed by atoms with van der Waals surface area (Å²) < 4.78 is 0. The number of hydrazine groups is 1. The first kappa shape index (κ1) is 21.2. The fourth-order valence-corrected chi connectivity index (χ4v) is 4.12. The molecule has 3 atom stereocenters. The Morgan fingerprint density at radius 3 is 2.59 bits per heavy atom. The summed E-state index contributed by atoms with van der Waals surface area (Å²) in [6, 6.07) is -0.518. The van der Waals surface area contributed by atoms with Gasteiger partial charge >= 0.3 is 0 Å². The van der Waals surface area contributed by atoms with Gasteiger partial charge in [0.25, 0.3) is 0 Å². The molecule has 0 bridgehead atoms. The van der Waals surface area contributed by atoms with Crippen molar-refractivity contribution < 1.29 is 14.4 Å². The first-order valence-electron chi connectivity index (χ1n) is 10.0. The van der Waals surface area contributed by atoms with Crippen LogP contribution in [0, 0.1) is 18.3 Å². The summed E-state index contributed by atoms with van der Waals surface area (Å²) in [6.07, 6.45) is 10.5. The molecule has 0 aromatic carbocycles. The van der Waals surface area contributed by atoms with Crippen molar-refractivity contribution in [2.45, 2.75) is 65.1 Å². The number of piperazine rings is 1. The average molecular weight is 377 g/mol. The zero-order valence-corrected chi connectivity index (χ0v) is 16.8. The Morgan fingerprint density at radius 2 is 2.04 bits per heavy atom. The van der Waals surface area contributed by atoms with Crippen LogP contribution in [0.2, 0.25) is 0 Å². The van der Waals surface area contributed by atoms with Crippen LogP contribution in [0.1, 0.15) is 52.9 Å². The van der Waals surface area contributed by atoms with Gasteiger partial charge in [0.2, 0.25) is 18.2 Å². The van der Waals surface area contributed by atoms with Gasteiger partial charge in [0, 0.05) is 6.54 Å². The summed E-state index contributed by atoms with van der Waals surface area (Å²) in [5, 5.41) is 3.09. The Labute approximate surface area is 162 Å². The molecule has 0 aromatic heterocycles. The number of fused-ring (bicyclic) bond motifs is 1. The van der Waals surface area contributed by atoms with Gasteiger partial charge in [0.1, 0.15) is 12.2 Å². The van der Waals surface area contributed by atoms with Gasteiger partial charge in [-0.2, -0.15) is 5.01 Å². The number of terminal acetylenes is 1. The molecule has 3 amide bonds. The molecule has 2 heterocycles. The van der Waals surface area contributed by atoms with E-state index in [1.165, 1.54) is 5.01 Å². The number of nitrogens with zero attached hydrogens (tertiary/aromatic N) is 4. The summed E-state index contributed by atoms with van der Waals surface area (Å²) in [5.74, 6) is 2.78. The molecule has 0 N–H and O–H groups in total. The molecule has 27 heavy (non-hydrogen) atoms. The van der Waals surface area contributed by atoms with Crippen LogP contribution in [0.5, 0.6) is 0 Å². The van der Waals surface area contributed by atoms with Crippen LogP contribution in [-0.2, 0) is 14.4 Å². The first-order chi connectivity index (χ1) is 13.0. The first-order valence-corrected chi connectivity index (χ1v) is 10.0. The van der Waals surface area contributed by atoms with Crippen molar-refractivity contribution in [3.8, 4) is 12.3 Å². The Bertz CT molecular complexity index is 588. The van der Waals surface area contributed by atoms with Gasteiger partial charge in [-0.3, -0.25) is 19.4 Å². The normalized spacial score (nSPS) is 24.6. The minimum atomic E-state index is -0.518. The average Bonchev–Trinajstić information content (AvgIpc) is 2.66. The highest BCUT2D eigenvalue weighted by atomic mass is 16.2. The molecule has 7 heteroatoms. The third kappa shape index (κ3) is 4.44. The second kappa shape index (κ2) is 9.75. The van der Waals surface area contributed by atoms with Crippen molar-refractivity contribution in [3.63, 3.8) is 0 Å². The number of hydrogen-bond donors (Lipinski definition) is 0. The number of unbranched alkanes of at least 4 members (excludes halogenated alkanes) is 1. The Morgan fingerprint density at radius 1 is 1.30 bits per heavy atom. The molecule has 0 aromatic rings. The van der Waals surface area contributed by atoms with E-state index in [4.69, 9.17) is 6.42 Å². The van der Waals surface area contributed by atoms with Gasteiger partial charge in [-0.1, -0.05) is 46.0 Å². The van der Waals surface area contributed by atoms with Gasteiger partial charge < -0.3 is 9.80 Å². The molecular weight excluding hydrogens is 344 g/mol. The monoisotopic (exact) mass is 376 g/mol. The second-order valence-corrected chi connectivity index (χ2v) is 7.38. The Balaban J connectivity index is 2.26. The quantitative estimate of drug-likeness (QED) is 0.449. The van der Waals surface area contributed by atoms with E-state index in [1.807, 2.05) is 11.8 Å². The maximum Gasteiger partial charge on any atom is 0.245 e. The van der Waals surface area contributed by atoms with E-state index in [0.29, 0.717) is 25.4 Å². The van der Waals surface area contributed by atoms with E-state index >= 15 is 0 Å². The molecule has 2 aliphatic rings. The third-order valence-electron chi connectivity index (χ3n) is 5.67. The minimum absolute atomic E-state index is 0.00621. The molecule has 7 nitrogen and oxygen atoms in total. The van der Waals surface area contributed by atoms with Crippen LogP contribution in [0.25, 0.3) is 0 Å². The molecule has 2 rings (SSSR count). The highest BCUT2D eigenvalue weighted by molar-refractivity contribution is 5.90. The predicted molar refractivity (Wildman–Crippen MR) is 103 cm³/mol. The second-order valence-electron chi connectivity index (χ2n) is 7.38. The zero-order chi connectivity index (χ0) is 20.0. The molecule has 0 radical (unpaired) electrons. The fourth-order valence-electron chi connectivity index (χ4n) is 4.12. The SMILES string of the molecule is C#CCN1CC(=O)N2C(CN(CC(CC)CCCC)C(=O)[C@@H]2CC)N1C=O. The molecule has 2 saturated heterocycles. The zero-order valence-electron chi connectivity index (χ0n) is 16.8. The standard InChI is InChI=1S/C20H32N4O3/c1-5-9-10-16(7-3)12-21-13-18-23(15-25)22(11-6-2)14-19(26)24(18)17(8-4)20(21)27/h2,15-18H,5,7-14H2,1,3-4H3/t16?,17-,18?/m0/s1. The smallest absolute Gasteiger partial charge is 0.245 e. The molecule has 0 aliphatic carbocycles. The molecule has 2 aliphatic heterocycles. The number of carbonyl (C=O) groups is 3. The van der Waals surface area contributed by atoms with Crippen LogP contribution in [-0.4, -0.2) is 76.4 Å². The van der Waals surface area contributed by atoms with Crippen LogP contribution < -0.4 is 0 Å². The lowest BCUT2D eigenvalue weighted by Crippen LogP contribution is -2.74. The molecule has 0 spiro atoms. The number of carbonyl (C=O) groups excluding carboxylic acids is 3. The van der Waals surface area contributed by atoms with Crippen molar-refractivity contribution in [1.29, 1.82) is 0 Å². The lowest BCUT2D eigenvalue weighted by molar-refractivity contribution is -0.199. The number of rotatable bonds is 9. The van der Waals surface area contributed by atoms with Gasteiger partial charge in [-0.05, 0) is 18.8 Å². The van der Waals surface area contributed by atoms with E-state index < -0.39 is 12.2 Å². The van der Waals surface area contributed by atoms with Crippen LogP contribution in [0.3, 0.4) is 0 Å². The van der Waals surface area contributed by atoms with E-state index in [0.717, 1.165) is 32.1 Å². The molecule has 2 unspecified atom stereocenters. The lowest BCUT2D eigenvalue weighted by atomic mass is 9.96. The molecular formula is C20H32N4O3. The van der Waals surface area contributed by atoms with Crippen molar-refractivity contribution in [2.24, 2.45) is 5.92 Å². The van der Waals surface area contributed by atoms with Crippen LogP contribution in [0.4, 0.5) is 0 Å². The maximum absolute atomic E-state index is 13.1. The molecule has 2 fully saturated rings. The van der Waals surface area contributed by atoms with Crippen molar-refractivity contribution in [1.82, 2.24) is 19.8 Å². The van der Waals surface area contributed by atoms with Crippen LogP contribution in [0.15, 0.2) is 0 Å². The van der Waals surface area contributed by atoms with Crippen molar-refractivity contribution >= 4 is 18.2 Å². The fraction of sp³-hybridized carbons (Fsp3) is 0.750. The van der Waals surface area contributed by atoms with Gasteiger partial charge in [0.15, 0.2) is 0 Å². The molecule has 150 valence electrons. The largest absolute Gasteiger partial charge is 0.337 e. The predicted octanol–water partition coefficient (Wildman–Crippen LogP) is 1.30. The highest BCUT2D eigenvalue weighted by Gasteiger charge is 2.49. The lowest BCUT2D eigenvalue weighted by Gasteiger charge is -2.54. The third-order valence-corrected chi connectivity index (χ3v) is 5.67. The van der Waals surface area contributed by atoms with E-state index in [1.54, 1.807) is 9.91 Å². The Kier molecular flexibility index (Phi) is 7.66.